The van der Waals surface area contributed by atoms with E-state index in [1.54, 1.807) is 4.98 Å². The van der Waals surface area contributed by atoms with E-state index < -0.39 is 85.8 Å². The maximum atomic E-state index is 12.1. The highest BCUT2D eigenvalue weighted by Gasteiger charge is 2.45. The zero-order valence-corrected chi connectivity index (χ0v) is 17.7. The summed E-state index contributed by atoms with van der Waals surface area (Å²) in [5.41, 5.74) is 2.26. The van der Waals surface area contributed by atoms with Gasteiger partial charge in [0, 0.05) is 6.20 Å². The standard InChI is InChI=1S/C11H18N3O14P3/c12-8(17)10(19)14-1-3(9(18)13-11(14)20)7-6(16)5(15)4(26-7)2-25-30(23)28-31(24)27-29(21)22/h1,4-7,10,15-16,19,21-24H,2H2,(H2,12,17)(H,13,18,20). The summed E-state index contributed by atoms with van der Waals surface area (Å²) in [5, 5.41) is 30.0. The molecule has 176 valence electrons. The lowest BCUT2D eigenvalue weighted by Crippen LogP contribution is -2.40. The van der Waals surface area contributed by atoms with Gasteiger partial charge in [-0.3, -0.25) is 19.1 Å². The van der Waals surface area contributed by atoms with Crippen LogP contribution in [0.3, 0.4) is 0 Å². The number of hydrogen-bond acceptors (Lipinski definition) is 14. The number of carbonyl (C=O) groups is 1. The van der Waals surface area contributed by atoms with E-state index in [1.807, 2.05) is 0 Å². The maximum absolute atomic E-state index is 12.1. The number of nitrogens with one attached hydrogen (secondary N) is 1. The largest absolute Gasteiger partial charge is 0.387 e. The third-order valence-electron chi connectivity index (χ3n) is 3.81. The minimum absolute atomic E-state index is 0.382. The predicted octanol–water partition coefficient (Wildman–Crippen LogP) is -3.63. The van der Waals surface area contributed by atoms with Crippen LogP contribution in [-0.2, 0) is 22.7 Å². The lowest BCUT2D eigenvalue weighted by molar-refractivity contribution is -0.130. The number of rotatable bonds is 10. The Bertz CT molecular complexity index is 881. The molecule has 7 unspecified atom stereocenters. The van der Waals surface area contributed by atoms with Gasteiger partial charge in [-0.15, -0.1) is 0 Å². The van der Waals surface area contributed by atoms with E-state index in [0.717, 1.165) is 6.20 Å². The molecule has 1 aromatic rings. The molecule has 0 spiro atoms. The normalized spacial score (nSPS) is 26.7. The van der Waals surface area contributed by atoms with E-state index in [-0.39, 0.29) is 0 Å². The topological polar surface area (TPSA) is 276 Å². The summed E-state index contributed by atoms with van der Waals surface area (Å²) in [7, 11) is -8.66. The average Bonchev–Trinajstić information content (AvgIpc) is 2.93. The molecule has 2 rings (SSSR count). The van der Waals surface area contributed by atoms with Crippen LogP contribution in [0.4, 0.5) is 0 Å². The first-order valence-corrected chi connectivity index (χ1v) is 11.3. The molecule has 1 saturated heterocycles. The van der Waals surface area contributed by atoms with Gasteiger partial charge in [0.2, 0.25) is 6.23 Å². The Morgan fingerprint density at radius 3 is 2.42 bits per heavy atom. The Labute approximate surface area is 175 Å². The van der Waals surface area contributed by atoms with Gasteiger partial charge >= 0.3 is 31.5 Å². The first-order valence-electron chi connectivity index (χ1n) is 7.91. The molecule has 0 aromatic carbocycles. The number of ether oxygens (including phenoxy) is 1. The van der Waals surface area contributed by atoms with E-state index in [4.69, 9.17) is 24.8 Å². The fourth-order valence-corrected chi connectivity index (χ4v) is 4.29. The van der Waals surface area contributed by atoms with Crippen molar-refractivity contribution in [1.82, 2.24) is 9.55 Å². The Hall–Kier alpha value is -1.00. The number of aromatic amines is 1. The smallest absolute Gasteiger partial charge is 0.344 e. The summed E-state index contributed by atoms with van der Waals surface area (Å²) in [5.74, 6) is -1.31. The summed E-state index contributed by atoms with van der Waals surface area (Å²) in [6.07, 6.45) is -7.70. The van der Waals surface area contributed by atoms with Gasteiger partial charge < -0.3 is 49.9 Å². The molecule has 31 heavy (non-hydrogen) atoms. The molecule has 2 heterocycles. The van der Waals surface area contributed by atoms with Crippen molar-refractivity contribution in [3.8, 4) is 0 Å². The van der Waals surface area contributed by atoms with Gasteiger partial charge in [0.05, 0.1) is 12.2 Å². The number of carbonyl (C=O) groups excluding carboxylic acids is 1. The molecule has 1 aromatic heterocycles. The molecule has 0 radical (unpaired) electrons. The minimum atomic E-state index is -2.95. The average molecular weight is 509 g/mol. The number of amides is 1. The van der Waals surface area contributed by atoms with Crippen LogP contribution in [0.1, 0.15) is 17.9 Å². The van der Waals surface area contributed by atoms with Crippen LogP contribution < -0.4 is 17.0 Å². The van der Waals surface area contributed by atoms with Gasteiger partial charge in [-0.2, -0.15) is 0 Å². The monoisotopic (exact) mass is 509 g/mol. The Balaban J connectivity index is 2.10. The van der Waals surface area contributed by atoms with Crippen LogP contribution >= 0.6 is 25.8 Å². The maximum Gasteiger partial charge on any atom is 0.344 e. The number of nitrogens with two attached hydrogens (primary N) is 1. The third-order valence-corrected chi connectivity index (χ3v) is 6.44. The predicted molar refractivity (Wildman–Crippen MR) is 99.2 cm³/mol. The number of aromatic nitrogens is 2. The fraction of sp³-hybridized carbons (Fsp3) is 0.545. The van der Waals surface area contributed by atoms with E-state index in [0.29, 0.717) is 4.57 Å². The van der Waals surface area contributed by atoms with Crippen molar-refractivity contribution < 1.29 is 57.6 Å². The Morgan fingerprint density at radius 1 is 1.19 bits per heavy atom. The van der Waals surface area contributed by atoms with Crippen molar-refractivity contribution in [2.75, 3.05) is 6.61 Å². The molecule has 1 aliphatic heterocycles. The molecule has 10 N–H and O–H groups in total. The number of primary amides is 1. The van der Waals surface area contributed by atoms with E-state index in [2.05, 4.69) is 8.62 Å². The number of hydrogen-bond donors (Lipinski definition) is 9. The van der Waals surface area contributed by atoms with E-state index in [9.17, 15) is 39.5 Å². The Morgan fingerprint density at radius 2 is 1.84 bits per heavy atom. The van der Waals surface area contributed by atoms with E-state index >= 15 is 0 Å². The molecule has 0 aliphatic carbocycles. The van der Waals surface area contributed by atoms with Gasteiger partial charge in [-0.1, -0.05) is 0 Å². The second-order valence-electron chi connectivity index (χ2n) is 5.79. The highest BCUT2D eigenvalue weighted by atomic mass is 31.3. The molecule has 17 nitrogen and oxygen atoms in total. The third kappa shape index (κ3) is 6.74. The summed E-state index contributed by atoms with van der Waals surface area (Å²) < 4.78 is 19.0. The summed E-state index contributed by atoms with van der Waals surface area (Å²) >= 11 is 0. The first kappa shape index (κ1) is 26.3. The fourth-order valence-electron chi connectivity index (χ4n) is 2.46. The molecule has 1 amide bonds. The van der Waals surface area contributed by atoms with Crippen LogP contribution in [-0.4, -0.2) is 75.3 Å². The van der Waals surface area contributed by atoms with Crippen LogP contribution in [0.5, 0.6) is 0 Å². The molecule has 1 fully saturated rings. The molecule has 1 aliphatic rings. The van der Waals surface area contributed by atoms with Crippen LogP contribution in [0.15, 0.2) is 15.8 Å². The zero-order valence-electron chi connectivity index (χ0n) is 15.0. The molecular formula is C11H18N3O14P3. The Kier molecular flexibility index (Phi) is 9.51. The second kappa shape index (κ2) is 11.2. The highest BCUT2D eigenvalue weighted by Crippen LogP contribution is 2.55. The first-order chi connectivity index (χ1) is 14.4. The minimum Gasteiger partial charge on any atom is -0.387 e. The SMILES string of the molecule is NC(=O)C(O)n1cc(C2OC(COP(O)OP(O)OP(O)O)C(O)C2O)c(=O)[nH]c1=O. The molecule has 0 saturated carbocycles. The highest BCUT2D eigenvalue weighted by molar-refractivity contribution is 7.60. The summed E-state index contributed by atoms with van der Waals surface area (Å²) in [6, 6.07) is 0. The zero-order chi connectivity index (χ0) is 23.5. The molecule has 20 heteroatoms. The van der Waals surface area contributed by atoms with Gasteiger partial charge in [-0.25, -0.2) is 13.4 Å². The van der Waals surface area contributed by atoms with Crippen molar-refractivity contribution in [3.05, 3.63) is 32.6 Å². The summed E-state index contributed by atoms with van der Waals surface area (Å²) in [4.78, 5) is 72.6. The number of H-pyrrole nitrogens is 1. The van der Waals surface area contributed by atoms with Crippen LogP contribution in [0.25, 0.3) is 0 Å². The van der Waals surface area contributed by atoms with Crippen molar-refractivity contribution in [3.63, 3.8) is 0 Å². The van der Waals surface area contributed by atoms with Gasteiger partial charge in [0.25, 0.3) is 11.5 Å². The van der Waals surface area contributed by atoms with Crippen LogP contribution in [0.2, 0.25) is 0 Å². The molecule has 7 atom stereocenters. The van der Waals surface area contributed by atoms with Gasteiger partial charge in [0.15, 0.2) is 0 Å². The summed E-state index contributed by atoms with van der Waals surface area (Å²) in [6.45, 7) is -0.630. The van der Waals surface area contributed by atoms with Gasteiger partial charge in [-0.05, 0) is 0 Å². The van der Waals surface area contributed by atoms with Crippen molar-refractivity contribution in [2.45, 2.75) is 30.6 Å². The number of aliphatic hydroxyl groups excluding tert-OH is 3. The van der Waals surface area contributed by atoms with Gasteiger partial charge in [0.1, 0.15) is 24.4 Å². The number of aliphatic hydroxyl groups is 3. The molecule has 0 bridgehead atoms. The molecular weight excluding hydrogens is 491 g/mol. The lowest BCUT2D eigenvalue weighted by atomic mass is 10.0. The van der Waals surface area contributed by atoms with Crippen molar-refractivity contribution >= 4 is 31.7 Å². The second-order valence-corrected chi connectivity index (χ2v) is 8.81. The van der Waals surface area contributed by atoms with Crippen molar-refractivity contribution in [2.24, 2.45) is 5.73 Å². The lowest BCUT2D eigenvalue weighted by Gasteiger charge is -2.18. The van der Waals surface area contributed by atoms with Crippen molar-refractivity contribution in [1.29, 1.82) is 0 Å². The quantitative estimate of drug-likeness (QED) is 0.138. The number of nitrogens with zero attached hydrogens (tertiary/aromatic N) is 1. The van der Waals surface area contributed by atoms with Crippen LogP contribution in [0, 0.1) is 0 Å². The van der Waals surface area contributed by atoms with E-state index in [1.165, 1.54) is 0 Å².